The molecule has 0 aliphatic heterocycles. The first kappa shape index (κ1) is 13.2. The van der Waals surface area contributed by atoms with Gasteiger partial charge in [-0.15, -0.1) is 0 Å². The number of carboxylic acid groups (broad SMARTS) is 3. The quantitative estimate of drug-likeness (QED) is 0.582. The smallest absolute Gasteiger partial charge is 0.336 e. The Hall–Kier alpha value is -2.90. The van der Waals surface area contributed by atoms with Gasteiger partial charge in [-0.2, -0.15) is 0 Å². The third-order valence-corrected chi connectivity index (χ3v) is 2.11. The molecule has 1 aromatic carbocycles. The van der Waals surface area contributed by atoms with Gasteiger partial charge in [-0.3, -0.25) is 4.79 Å². The topological polar surface area (TPSA) is 155 Å². The van der Waals surface area contributed by atoms with Crippen molar-refractivity contribution < 1.29 is 34.5 Å². The molecule has 0 aliphatic carbocycles. The summed E-state index contributed by atoms with van der Waals surface area (Å²) in [6, 6.07) is 1.23. The summed E-state index contributed by atoms with van der Waals surface area (Å²) in [5.41, 5.74) is 2.24. The Morgan fingerprint density at radius 3 is 1.28 bits per heavy atom. The Kier molecular flexibility index (Phi) is 3.32. The summed E-state index contributed by atoms with van der Waals surface area (Å²) >= 11 is 0. The molecule has 0 atom stereocenters. The highest BCUT2D eigenvalue weighted by Crippen LogP contribution is 2.18. The SMILES string of the molecule is NC(=O)c1cc(C(=O)O)c(C(=O)O)cc1C(=O)O. The maximum atomic E-state index is 11.0. The second kappa shape index (κ2) is 4.53. The maximum absolute atomic E-state index is 11.0. The van der Waals surface area contributed by atoms with E-state index in [9.17, 15) is 19.2 Å². The number of rotatable bonds is 4. The molecule has 0 unspecified atom stereocenters. The molecule has 0 aliphatic rings. The van der Waals surface area contributed by atoms with Crippen LogP contribution in [0.15, 0.2) is 12.1 Å². The fraction of sp³-hybridized carbons (Fsp3) is 0. The Labute approximate surface area is 99.3 Å². The molecule has 0 saturated carbocycles. The molecular weight excluding hydrogens is 246 g/mol. The minimum absolute atomic E-state index is 0.565. The zero-order chi connectivity index (χ0) is 14.0. The fourth-order valence-electron chi connectivity index (χ4n) is 1.33. The number of carboxylic acids is 3. The highest BCUT2D eigenvalue weighted by atomic mass is 16.4. The lowest BCUT2D eigenvalue weighted by Crippen LogP contribution is -2.20. The van der Waals surface area contributed by atoms with E-state index in [1.807, 2.05) is 0 Å². The summed E-state index contributed by atoms with van der Waals surface area (Å²) in [6.07, 6.45) is 0. The number of nitrogens with two attached hydrogens (primary N) is 1. The molecule has 94 valence electrons. The number of carbonyl (C=O) groups excluding carboxylic acids is 1. The molecule has 1 amide bonds. The second-order valence-corrected chi connectivity index (χ2v) is 3.22. The van der Waals surface area contributed by atoms with E-state index in [1.54, 1.807) is 0 Å². The van der Waals surface area contributed by atoms with Gasteiger partial charge in [-0.05, 0) is 12.1 Å². The van der Waals surface area contributed by atoms with E-state index in [0.717, 1.165) is 0 Å². The highest BCUT2D eigenvalue weighted by molar-refractivity contribution is 6.10. The van der Waals surface area contributed by atoms with E-state index in [0.29, 0.717) is 12.1 Å². The predicted octanol–water partition coefficient (Wildman–Crippen LogP) is -0.120. The molecular formula is C10H7NO7. The summed E-state index contributed by atoms with van der Waals surface area (Å²) in [5.74, 6) is -5.96. The van der Waals surface area contributed by atoms with Crippen molar-refractivity contribution in [2.45, 2.75) is 0 Å². The molecule has 0 saturated heterocycles. The first-order chi connectivity index (χ1) is 8.25. The predicted molar refractivity (Wildman–Crippen MR) is 55.8 cm³/mol. The number of aromatic carboxylic acids is 3. The minimum atomic E-state index is -1.62. The first-order valence-corrected chi connectivity index (χ1v) is 4.43. The van der Waals surface area contributed by atoms with Gasteiger partial charge in [0.05, 0.1) is 22.3 Å². The Morgan fingerprint density at radius 1 is 0.722 bits per heavy atom. The van der Waals surface area contributed by atoms with Crippen molar-refractivity contribution in [2.24, 2.45) is 5.73 Å². The lowest BCUT2D eigenvalue weighted by molar-refractivity contribution is 0.0648. The molecule has 8 nitrogen and oxygen atoms in total. The lowest BCUT2D eigenvalue weighted by atomic mass is 9.98. The van der Waals surface area contributed by atoms with Crippen molar-refractivity contribution in [2.75, 3.05) is 0 Å². The van der Waals surface area contributed by atoms with E-state index < -0.39 is 46.1 Å². The van der Waals surface area contributed by atoms with Gasteiger partial charge < -0.3 is 21.1 Å². The fourth-order valence-corrected chi connectivity index (χ4v) is 1.33. The van der Waals surface area contributed by atoms with Crippen LogP contribution in [0.5, 0.6) is 0 Å². The van der Waals surface area contributed by atoms with Crippen LogP contribution in [0.25, 0.3) is 0 Å². The van der Waals surface area contributed by atoms with Crippen LogP contribution >= 0.6 is 0 Å². The van der Waals surface area contributed by atoms with E-state index in [-0.39, 0.29) is 0 Å². The van der Waals surface area contributed by atoms with Gasteiger partial charge in [0.25, 0.3) is 0 Å². The molecule has 1 rings (SSSR count). The van der Waals surface area contributed by atoms with Crippen LogP contribution in [0.4, 0.5) is 0 Å². The van der Waals surface area contributed by atoms with Gasteiger partial charge in [-0.25, -0.2) is 14.4 Å². The molecule has 1 aromatic rings. The van der Waals surface area contributed by atoms with Gasteiger partial charge in [0.1, 0.15) is 0 Å². The molecule has 0 bridgehead atoms. The van der Waals surface area contributed by atoms with Crippen LogP contribution in [0, 0.1) is 0 Å². The monoisotopic (exact) mass is 253 g/mol. The van der Waals surface area contributed by atoms with Crippen LogP contribution < -0.4 is 5.73 Å². The summed E-state index contributed by atoms with van der Waals surface area (Å²) in [5, 5.41) is 26.4. The highest BCUT2D eigenvalue weighted by Gasteiger charge is 2.24. The molecule has 0 aromatic heterocycles. The van der Waals surface area contributed by atoms with E-state index in [4.69, 9.17) is 21.1 Å². The lowest BCUT2D eigenvalue weighted by Gasteiger charge is -2.07. The van der Waals surface area contributed by atoms with Gasteiger partial charge in [0.2, 0.25) is 5.91 Å². The zero-order valence-electron chi connectivity index (χ0n) is 8.71. The number of amides is 1. The van der Waals surface area contributed by atoms with Crippen LogP contribution in [0.2, 0.25) is 0 Å². The Bertz CT molecular complexity index is 478. The molecule has 0 fully saturated rings. The minimum Gasteiger partial charge on any atom is -0.478 e. The van der Waals surface area contributed by atoms with Crippen LogP contribution in [-0.2, 0) is 0 Å². The maximum Gasteiger partial charge on any atom is 0.336 e. The summed E-state index contributed by atoms with van der Waals surface area (Å²) in [6.45, 7) is 0. The van der Waals surface area contributed by atoms with Gasteiger partial charge in [-0.1, -0.05) is 0 Å². The Morgan fingerprint density at radius 2 is 1.00 bits per heavy atom. The summed E-state index contributed by atoms with van der Waals surface area (Å²) in [7, 11) is 0. The van der Waals surface area contributed by atoms with Crippen LogP contribution in [0.3, 0.4) is 0 Å². The number of hydrogen-bond acceptors (Lipinski definition) is 4. The molecule has 18 heavy (non-hydrogen) atoms. The average molecular weight is 253 g/mol. The van der Waals surface area contributed by atoms with E-state index in [2.05, 4.69) is 0 Å². The van der Waals surface area contributed by atoms with Gasteiger partial charge in [0, 0.05) is 0 Å². The molecule has 0 heterocycles. The first-order valence-electron chi connectivity index (χ1n) is 4.43. The van der Waals surface area contributed by atoms with Crippen molar-refractivity contribution in [3.63, 3.8) is 0 Å². The van der Waals surface area contributed by atoms with Crippen molar-refractivity contribution in [3.8, 4) is 0 Å². The molecule has 0 spiro atoms. The van der Waals surface area contributed by atoms with Crippen molar-refractivity contribution in [1.82, 2.24) is 0 Å². The van der Waals surface area contributed by atoms with E-state index in [1.165, 1.54) is 0 Å². The van der Waals surface area contributed by atoms with Gasteiger partial charge >= 0.3 is 17.9 Å². The van der Waals surface area contributed by atoms with E-state index >= 15 is 0 Å². The normalized spacial score (nSPS) is 9.78. The third kappa shape index (κ3) is 2.26. The number of primary amides is 1. The molecule has 0 radical (unpaired) electrons. The standard InChI is InChI=1S/C10H7NO7/c11-7(12)3-1-5(9(15)16)6(10(17)18)2-4(3)8(13)14/h1-2H,(H2,11,12)(H,13,14)(H,15,16)(H,17,18). The average Bonchev–Trinajstić information content (AvgIpc) is 2.26. The number of carbonyl (C=O) groups is 4. The number of hydrogen-bond donors (Lipinski definition) is 4. The van der Waals surface area contributed by atoms with Crippen molar-refractivity contribution in [3.05, 3.63) is 34.4 Å². The molecule has 5 N–H and O–H groups in total. The largest absolute Gasteiger partial charge is 0.478 e. The summed E-state index contributed by atoms with van der Waals surface area (Å²) < 4.78 is 0. The van der Waals surface area contributed by atoms with Crippen molar-refractivity contribution in [1.29, 1.82) is 0 Å². The molecule has 8 heteroatoms. The Balaban J connectivity index is 3.71. The second-order valence-electron chi connectivity index (χ2n) is 3.22. The van der Waals surface area contributed by atoms with Crippen LogP contribution in [0.1, 0.15) is 41.4 Å². The van der Waals surface area contributed by atoms with Gasteiger partial charge in [0.15, 0.2) is 0 Å². The number of benzene rings is 1. The third-order valence-electron chi connectivity index (χ3n) is 2.11. The summed E-state index contributed by atoms with van der Waals surface area (Å²) in [4.78, 5) is 43.5. The van der Waals surface area contributed by atoms with Crippen molar-refractivity contribution >= 4 is 23.8 Å². The zero-order valence-corrected chi connectivity index (χ0v) is 8.71. The van der Waals surface area contributed by atoms with Crippen LogP contribution in [-0.4, -0.2) is 39.1 Å².